The topological polar surface area (TPSA) is 56.1 Å². The molecule has 90 valence electrons. The van der Waals surface area contributed by atoms with E-state index in [0.29, 0.717) is 13.0 Å². The summed E-state index contributed by atoms with van der Waals surface area (Å²) in [7, 11) is 0. The second-order valence-corrected chi connectivity index (χ2v) is 4.54. The second kappa shape index (κ2) is 6.49. The molecule has 0 spiro atoms. The van der Waals surface area contributed by atoms with Gasteiger partial charge in [0.2, 0.25) is 5.91 Å². The van der Waals surface area contributed by atoms with Crippen molar-refractivity contribution in [3.63, 3.8) is 0 Å². The summed E-state index contributed by atoms with van der Waals surface area (Å²) in [5.41, 5.74) is 0. The van der Waals surface area contributed by atoms with Crippen LogP contribution in [-0.4, -0.2) is 36.0 Å². The molecule has 16 heavy (non-hydrogen) atoms. The van der Waals surface area contributed by atoms with E-state index in [1.54, 1.807) is 0 Å². The number of nitriles is 1. The molecule has 4 heteroatoms. The molecule has 0 aromatic carbocycles. The maximum Gasteiger partial charge on any atom is 0.239 e. The standard InChI is InChI=1S/C12H21N3O/c1-10(2)15(9-5-7-13)12(16)11-6-3-4-8-14-11/h10-11,14H,3-6,8-9H2,1-2H3/t11-/m0/s1. The third kappa shape index (κ3) is 3.49. The summed E-state index contributed by atoms with van der Waals surface area (Å²) in [5.74, 6) is 0.157. The molecular weight excluding hydrogens is 202 g/mol. The van der Waals surface area contributed by atoms with E-state index in [4.69, 9.17) is 5.26 Å². The summed E-state index contributed by atoms with van der Waals surface area (Å²) in [4.78, 5) is 14.0. The van der Waals surface area contributed by atoms with Gasteiger partial charge in [-0.3, -0.25) is 4.79 Å². The van der Waals surface area contributed by atoms with Crippen molar-refractivity contribution < 1.29 is 4.79 Å². The number of carbonyl (C=O) groups excluding carboxylic acids is 1. The van der Waals surface area contributed by atoms with Crippen LogP contribution in [-0.2, 0) is 4.79 Å². The van der Waals surface area contributed by atoms with Crippen molar-refractivity contribution in [1.29, 1.82) is 5.26 Å². The lowest BCUT2D eigenvalue weighted by Gasteiger charge is -2.32. The van der Waals surface area contributed by atoms with Gasteiger partial charge < -0.3 is 10.2 Å². The Balaban J connectivity index is 2.55. The number of nitrogens with zero attached hydrogens (tertiary/aromatic N) is 2. The molecule has 1 amide bonds. The minimum atomic E-state index is -0.0326. The van der Waals surface area contributed by atoms with Crippen molar-refractivity contribution in [3.8, 4) is 6.07 Å². The molecule has 0 aliphatic carbocycles. The first-order valence-corrected chi connectivity index (χ1v) is 6.07. The normalized spacial score (nSPS) is 20.5. The van der Waals surface area contributed by atoms with Crippen LogP contribution in [0.15, 0.2) is 0 Å². The zero-order valence-electron chi connectivity index (χ0n) is 10.2. The SMILES string of the molecule is CC(C)N(CCC#N)C(=O)[C@@H]1CCCCN1. The molecule has 1 saturated heterocycles. The van der Waals surface area contributed by atoms with Crippen molar-refractivity contribution in [3.05, 3.63) is 0 Å². The van der Waals surface area contributed by atoms with E-state index in [-0.39, 0.29) is 18.0 Å². The Morgan fingerprint density at radius 2 is 2.31 bits per heavy atom. The van der Waals surface area contributed by atoms with Crippen LogP contribution in [0.1, 0.15) is 39.5 Å². The lowest BCUT2D eigenvalue weighted by atomic mass is 10.0. The molecule has 1 heterocycles. The molecule has 1 N–H and O–H groups in total. The average molecular weight is 223 g/mol. The second-order valence-electron chi connectivity index (χ2n) is 4.54. The summed E-state index contributed by atoms with van der Waals surface area (Å²) < 4.78 is 0. The maximum absolute atomic E-state index is 12.2. The predicted octanol–water partition coefficient (Wildman–Crippen LogP) is 1.28. The largest absolute Gasteiger partial charge is 0.338 e. The molecule has 1 fully saturated rings. The van der Waals surface area contributed by atoms with Gasteiger partial charge in [-0.05, 0) is 33.2 Å². The van der Waals surface area contributed by atoms with Gasteiger partial charge in [0.25, 0.3) is 0 Å². The predicted molar refractivity (Wildman–Crippen MR) is 62.7 cm³/mol. The molecule has 0 bridgehead atoms. The van der Waals surface area contributed by atoms with E-state index in [9.17, 15) is 4.79 Å². The number of amides is 1. The van der Waals surface area contributed by atoms with Crippen molar-refractivity contribution in [1.82, 2.24) is 10.2 Å². The molecule has 0 saturated carbocycles. The number of nitrogens with one attached hydrogen (secondary N) is 1. The summed E-state index contributed by atoms with van der Waals surface area (Å²) >= 11 is 0. The lowest BCUT2D eigenvalue weighted by molar-refractivity contribution is -0.135. The zero-order valence-corrected chi connectivity index (χ0v) is 10.2. The van der Waals surface area contributed by atoms with Crippen LogP contribution in [0.5, 0.6) is 0 Å². The smallest absolute Gasteiger partial charge is 0.239 e. The monoisotopic (exact) mass is 223 g/mol. The van der Waals surface area contributed by atoms with Gasteiger partial charge >= 0.3 is 0 Å². The first-order valence-electron chi connectivity index (χ1n) is 6.07. The molecule has 1 rings (SSSR count). The Morgan fingerprint density at radius 3 is 2.81 bits per heavy atom. The highest BCUT2D eigenvalue weighted by Gasteiger charge is 2.26. The fourth-order valence-corrected chi connectivity index (χ4v) is 2.06. The first kappa shape index (κ1) is 13.0. The Bertz CT molecular complexity index is 264. The van der Waals surface area contributed by atoms with E-state index < -0.39 is 0 Å². The van der Waals surface area contributed by atoms with Gasteiger partial charge in [0, 0.05) is 12.6 Å². The van der Waals surface area contributed by atoms with Crippen LogP contribution >= 0.6 is 0 Å². The lowest BCUT2D eigenvalue weighted by Crippen LogP contribution is -2.50. The molecule has 0 aromatic rings. The van der Waals surface area contributed by atoms with Crippen LogP contribution in [0.2, 0.25) is 0 Å². The van der Waals surface area contributed by atoms with Gasteiger partial charge in [-0.15, -0.1) is 0 Å². The minimum absolute atomic E-state index is 0.0326. The third-order valence-corrected chi connectivity index (χ3v) is 2.98. The van der Waals surface area contributed by atoms with Gasteiger partial charge in [0.15, 0.2) is 0 Å². The van der Waals surface area contributed by atoms with E-state index in [1.165, 1.54) is 0 Å². The maximum atomic E-state index is 12.2. The fourth-order valence-electron chi connectivity index (χ4n) is 2.06. The highest BCUT2D eigenvalue weighted by Crippen LogP contribution is 2.12. The van der Waals surface area contributed by atoms with Crippen molar-refractivity contribution in [2.75, 3.05) is 13.1 Å². The van der Waals surface area contributed by atoms with Crippen LogP contribution in [0.4, 0.5) is 0 Å². The Hall–Kier alpha value is -1.08. The zero-order chi connectivity index (χ0) is 12.0. The van der Waals surface area contributed by atoms with Gasteiger partial charge in [-0.2, -0.15) is 5.26 Å². The van der Waals surface area contributed by atoms with E-state index in [0.717, 1.165) is 25.8 Å². The summed E-state index contributed by atoms with van der Waals surface area (Å²) in [6, 6.07) is 2.23. The fraction of sp³-hybridized carbons (Fsp3) is 0.833. The number of hydrogen-bond donors (Lipinski definition) is 1. The molecule has 1 aliphatic rings. The van der Waals surface area contributed by atoms with Crippen molar-refractivity contribution >= 4 is 5.91 Å². The number of carbonyl (C=O) groups is 1. The van der Waals surface area contributed by atoms with Crippen LogP contribution in [0.3, 0.4) is 0 Å². The molecule has 4 nitrogen and oxygen atoms in total. The van der Waals surface area contributed by atoms with E-state index in [1.807, 2.05) is 18.7 Å². The highest BCUT2D eigenvalue weighted by atomic mass is 16.2. The molecule has 0 aromatic heterocycles. The van der Waals surface area contributed by atoms with Crippen molar-refractivity contribution in [2.24, 2.45) is 0 Å². The minimum Gasteiger partial charge on any atom is -0.338 e. The molecule has 1 atom stereocenters. The quantitative estimate of drug-likeness (QED) is 0.781. The average Bonchev–Trinajstić information content (AvgIpc) is 2.30. The van der Waals surface area contributed by atoms with Crippen molar-refractivity contribution in [2.45, 2.75) is 51.6 Å². The van der Waals surface area contributed by atoms with Crippen LogP contribution < -0.4 is 5.32 Å². The Kier molecular flexibility index (Phi) is 5.27. The number of hydrogen-bond acceptors (Lipinski definition) is 3. The summed E-state index contributed by atoms with van der Waals surface area (Å²) in [5, 5.41) is 11.8. The van der Waals surface area contributed by atoms with E-state index in [2.05, 4.69) is 11.4 Å². The molecule has 0 unspecified atom stereocenters. The third-order valence-electron chi connectivity index (χ3n) is 2.98. The molecular formula is C12H21N3O. The highest BCUT2D eigenvalue weighted by molar-refractivity contribution is 5.82. The van der Waals surface area contributed by atoms with E-state index >= 15 is 0 Å². The Morgan fingerprint density at radius 1 is 1.56 bits per heavy atom. The summed E-state index contributed by atoms with van der Waals surface area (Å²) in [6.07, 6.45) is 3.61. The Labute approximate surface area is 97.6 Å². The number of piperidine rings is 1. The summed E-state index contributed by atoms with van der Waals surface area (Å²) in [6.45, 7) is 5.47. The first-order chi connectivity index (χ1) is 7.66. The van der Waals surface area contributed by atoms with Crippen LogP contribution in [0.25, 0.3) is 0 Å². The van der Waals surface area contributed by atoms with Gasteiger partial charge in [-0.1, -0.05) is 6.42 Å². The molecule has 0 radical (unpaired) electrons. The number of rotatable bonds is 4. The van der Waals surface area contributed by atoms with Gasteiger partial charge in [0.05, 0.1) is 18.5 Å². The van der Waals surface area contributed by atoms with Crippen LogP contribution in [0, 0.1) is 11.3 Å². The van der Waals surface area contributed by atoms with Gasteiger partial charge in [0.1, 0.15) is 0 Å². The van der Waals surface area contributed by atoms with Gasteiger partial charge in [-0.25, -0.2) is 0 Å². The molecule has 1 aliphatic heterocycles.